The van der Waals surface area contributed by atoms with Crippen LogP contribution in [-0.2, 0) is 21.4 Å². The summed E-state index contributed by atoms with van der Waals surface area (Å²) in [5.41, 5.74) is 3.84. The molecule has 3 aromatic carbocycles. The molecule has 0 atom stereocenters. The van der Waals surface area contributed by atoms with Gasteiger partial charge in [-0.3, -0.25) is 9.52 Å². The molecule has 13 heteroatoms. The Morgan fingerprint density at radius 2 is 1.67 bits per heavy atom. The molecule has 2 aromatic heterocycles. The maximum Gasteiger partial charge on any atom is 0.290 e. The van der Waals surface area contributed by atoms with Crippen LogP contribution in [0.1, 0.15) is 12.8 Å². The zero-order valence-corrected chi connectivity index (χ0v) is 25.2. The van der Waals surface area contributed by atoms with E-state index < -0.39 is 26.6 Å². The van der Waals surface area contributed by atoms with Gasteiger partial charge >= 0.3 is 0 Å². The summed E-state index contributed by atoms with van der Waals surface area (Å²) in [6.45, 7) is 3.08. The van der Waals surface area contributed by atoms with Crippen LogP contribution in [0.4, 0.5) is 26.0 Å². The van der Waals surface area contributed by atoms with Gasteiger partial charge in [0.2, 0.25) is 0 Å². The number of nitrogens with zero attached hydrogens (tertiary/aromatic N) is 4. The Labute approximate surface area is 259 Å². The number of fused-ring (bicyclic) bond motifs is 1. The minimum atomic E-state index is -4.23. The van der Waals surface area contributed by atoms with Crippen LogP contribution in [0.15, 0.2) is 90.2 Å². The smallest absolute Gasteiger partial charge is 0.290 e. The number of rotatable bonds is 8. The largest absolute Gasteiger partial charge is 0.483 e. The molecule has 0 aliphatic carbocycles. The van der Waals surface area contributed by atoms with E-state index in [2.05, 4.69) is 67.0 Å². The van der Waals surface area contributed by atoms with Gasteiger partial charge in [-0.25, -0.2) is 27.2 Å². The molecule has 234 valence electrons. The van der Waals surface area contributed by atoms with Crippen molar-refractivity contribution in [1.82, 2.24) is 19.4 Å². The first-order chi connectivity index (χ1) is 21.6. The average molecular weight is 635 g/mol. The van der Waals surface area contributed by atoms with Crippen LogP contribution >= 0.6 is 0 Å². The Kier molecular flexibility index (Phi) is 9.69. The molecule has 3 heterocycles. The highest BCUT2D eigenvalue weighted by Gasteiger charge is 2.20. The number of anilines is 3. The summed E-state index contributed by atoms with van der Waals surface area (Å²) >= 11 is 0. The fraction of sp³-hybridized carbons (Fsp3) is 0.219. The van der Waals surface area contributed by atoms with E-state index >= 15 is 0 Å². The minimum absolute atomic E-state index is 0.226. The van der Waals surface area contributed by atoms with E-state index in [0.29, 0.717) is 23.5 Å². The van der Waals surface area contributed by atoms with Crippen LogP contribution in [0.2, 0.25) is 0 Å². The molecule has 0 bridgehead atoms. The van der Waals surface area contributed by atoms with E-state index in [4.69, 9.17) is 9.90 Å². The van der Waals surface area contributed by atoms with Crippen molar-refractivity contribution in [3.63, 3.8) is 0 Å². The summed E-state index contributed by atoms with van der Waals surface area (Å²) in [4.78, 5) is 18.9. The number of nitrogens with one attached hydrogen (secondary N) is 2. The summed E-state index contributed by atoms with van der Waals surface area (Å²) in [6, 6.07) is 19.1. The molecule has 45 heavy (non-hydrogen) atoms. The van der Waals surface area contributed by atoms with Crippen LogP contribution in [0.3, 0.4) is 0 Å². The predicted octanol–water partition coefficient (Wildman–Crippen LogP) is 5.96. The SMILES string of the molecule is CN1CCC(Cn2ccc3cc(-c4cc(Nc5ccc(NS(=O)(=O)c6ccc(F)cc6F)cc5)ncn4)ccc32)CC1.O=CO. The van der Waals surface area contributed by atoms with Gasteiger partial charge in [-0.15, -0.1) is 0 Å². The number of benzene rings is 3. The first-order valence-corrected chi connectivity index (χ1v) is 15.7. The third-order valence-electron chi connectivity index (χ3n) is 7.62. The van der Waals surface area contributed by atoms with E-state index in [1.807, 2.05) is 6.07 Å². The van der Waals surface area contributed by atoms with Crippen molar-refractivity contribution >= 4 is 44.6 Å². The molecule has 1 fully saturated rings. The molecule has 0 saturated carbocycles. The molecule has 0 amide bonds. The number of carboxylic acid groups (broad SMARTS) is 1. The number of carbonyl (C=O) groups is 1. The van der Waals surface area contributed by atoms with Crippen LogP contribution in [-0.4, -0.2) is 59.6 Å². The van der Waals surface area contributed by atoms with Gasteiger partial charge in [0, 0.05) is 52.7 Å². The van der Waals surface area contributed by atoms with E-state index in [-0.39, 0.29) is 12.2 Å². The molecule has 1 saturated heterocycles. The molecule has 0 radical (unpaired) electrons. The molecular formula is C32H32F2N6O4S. The molecule has 1 aliphatic heterocycles. The lowest BCUT2D eigenvalue weighted by Crippen LogP contribution is -2.31. The lowest BCUT2D eigenvalue weighted by Gasteiger charge is -2.29. The zero-order valence-electron chi connectivity index (χ0n) is 24.4. The van der Waals surface area contributed by atoms with E-state index in [1.54, 1.807) is 12.1 Å². The first kappa shape index (κ1) is 31.5. The van der Waals surface area contributed by atoms with Crippen molar-refractivity contribution in [2.45, 2.75) is 24.3 Å². The second-order valence-electron chi connectivity index (χ2n) is 10.8. The van der Waals surface area contributed by atoms with Crippen molar-refractivity contribution in [2.24, 2.45) is 5.92 Å². The highest BCUT2D eigenvalue weighted by molar-refractivity contribution is 7.92. The van der Waals surface area contributed by atoms with E-state index in [0.717, 1.165) is 48.4 Å². The fourth-order valence-corrected chi connectivity index (χ4v) is 6.42. The second-order valence-corrected chi connectivity index (χ2v) is 12.4. The highest BCUT2D eigenvalue weighted by atomic mass is 32.2. The summed E-state index contributed by atoms with van der Waals surface area (Å²) in [5, 5.41) is 11.3. The van der Waals surface area contributed by atoms with Crippen molar-refractivity contribution in [3.8, 4) is 11.3 Å². The first-order valence-electron chi connectivity index (χ1n) is 14.2. The molecule has 0 unspecified atom stereocenters. The predicted molar refractivity (Wildman–Crippen MR) is 169 cm³/mol. The minimum Gasteiger partial charge on any atom is -0.483 e. The number of aromatic nitrogens is 3. The van der Waals surface area contributed by atoms with Gasteiger partial charge in [0.1, 0.15) is 28.7 Å². The molecule has 3 N–H and O–H groups in total. The quantitative estimate of drug-likeness (QED) is 0.178. The molecule has 1 aliphatic rings. The third-order valence-corrected chi connectivity index (χ3v) is 9.03. The lowest BCUT2D eigenvalue weighted by molar-refractivity contribution is -0.122. The molecule has 0 spiro atoms. The van der Waals surface area contributed by atoms with Crippen molar-refractivity contribution in [1.29, 1.82) is 0 Å². The standard InChI is InChI=1S/C31H30F2N6O2S.CH2O2/c1-38-13-10-21(11-14-38)19-39-15-12-23-16-22(2-8-29(23)39)28-18-31(35-20-34-28)36-25-4-6-26(7-5-25)37-42(40,41)30-9-3-24(32)17-27(30)33;2-1-3/h2-9,12,15-18,20-21,37H,10-11,13-14,19H2,1H3,(H,34,35,36);1H,(H,2,3). The lowest BCUT2D eigenvalue weighted by atomic mass is 9.97. The molecule has 5 aromatic rings. The topological polar surface area (TPSA) is 129 Å². The van der Waals surface area contributed by atoms with Crippen LogP contribution in [0.25, 0.3) is 22.2 Å². The Bertz CT molecular complexity index is 1890. The van der Waals surface area contributed by atoms with Crippen molar-refractivity contribution in [3.05, 3.63) is 97.0 Å². The third kappa shape index (κ3) is 7.80. The number of likely N-dealkylation sites (tertiary alicyclic amines) is 1. The van der Waals surface area contributed by atoms with Crippen LogP contribution in [0.5, 0.6) is 0 Å². The van der Waals surface area contributed by atoms with Gasteiger partial charge < -0.3 is 19.9 Å². The number of halogens is 2. The summed E-state index contributed by atoms with van der Waals surface area (Å²) in [5.74, 6) is -0.752. The van der Waals surface area contributed by atoms with Gasteiger partial charge in [0.15, 0.2) is 0 Å². The second kappa shape index (κ2) is 13.8. The van der Waals surface area contributed by atoms with Gasteiger partial charge in [-0.05, 0) is 93.5 Å². The Morgan fingerprint density at radius 3 is 2.38 bits per heavy atom. The number of piperidine rings is 1. The maximum absolute atomic E-state index is 14.0. The van der Waals surface area contributed by atoms with E-state index in [1.165, 1.54) is 36.8 Å². The van der Waals surface area contributed by atoms with Crippen LogP contribution in [0, 0.1) is 17.6 Å². The van der Waals surface area contributed by atoms with Gasteiger partial charge in [0.05, 0.1) is 5.69 Å². The Hall–Kier alpha value is -4.88. The monoisotopic (exact) mass is 634 g/mol. The summed E-state index contributed by atoms with van der Waals surface area (Å²) in [6.07, 6.45) is 6.10. The van der Waals surface area contributed by atoms with Gasteiger partial charge in [0.25, 0.3) is 16.5 Å². The molecule has 10 nitrogen and oxygen atoms in total. The van der Waals surface area contributed by atoms with Crippen molar-refractivity contribution in [2.75, 3.05) is 30.2 Å². The maximum atomic E-state index is 14.0. The normalized spacial score (nSPS) is 14.0. The Balaban J connectivity index is 0.00000128. The summed E-state index contributed by atoms with van der Waals surface area (Å²) < 4.78 is 57.0. The van der Waals surface area contributed by atoms with E-state index in [9.17, 15) is 17.2 Å². The molecule has 6 rings (SSSR count). The van der Waals surface area contributed by atoms with Gasteiger partial charge in [-0.1, -0.05) is 6.07 Å². The number of sulfonamides is 1. The molecular weight excluding hydrogens is 602 g/mol. The zero-order chi connectivity index (χ0) is 32.0. The number of hydrogen-bond acceptors (Lipinski definition) is 7. The van der Waals surface area contributed by atoms with Gasteiger partial charge in [-0.2, -0.15) is 0 Å². The number of hydrogen-bond donors (Lipinski definition) is 3. The Morgan fingerprint density at radius 1 is 0.956 bits per heavy atom. The van der Waals surface area contributed by atoms with Crippen molar-refractivity contribution < 1.29 is 27.1 Å². The van der Waals surface area contributed by atoms with Crippen LogP contribution < -0.4 is 10.0 Å². The highest BCUT2D eigenvalue weighted by Crippen LogP contribution is 2.28. The average Bonchev–Trinajstić information content (AvgIpc) is 3.41. The fourth-order valence-electron chi connectivity index (χ4n) is 5.30. The summed E-state index contributed by atoms with van der Waals surface area (Å²) in [7, 11) is -2.05.